The van der Waals surface area contributed by atoms with Crippen LogP contribution >= 0.6 is 0 Å². The molecule has 0 bridgehead atoms. The van der Waals surface area contributed by atoms with E-state index in [1.165, 1.54) is 22.7 Å². The smallest absolute Gasteiger partial charge is 0.414 e. The Morgan fingerprint density at radius 1 is 1.23 bits per heavy atom. The number of hydrogen-bond acceptors (Lipinski definition) is 8. The van der Waals surface area contributed by atoms with Crippen molar-refractivity contribution in [1.82, 2.24) is 30.8 Å². The van der Waals surface area contributed by atoms with E-state index in [0.717, 1.165) is 12.8 Å². The van der Waals surface area contributed by atoms with E-state index in [9.17, 15) is 14.4 Å². The van der Waals surface area contributed by atoms with Crippen molar-refractivity contribution in [1.29, 1.82) is 0 Å². The summed E-state index contributed by atoms with van der Waals surface area (Å²) < 4.78 is 25.7. The maximum absolute atomic E-state index is 15.2. The van der Waals surface area contributed by atoms with Crippen molar-refractivity contribution in [2.75, 3.05) is 24.6 Å². The summed E-state index contributed by atoms with van der Waals surface area (Å²) in [6.07, 6.45) is -0.0941. The van der Waals surface area contributed by atoms with Gasteiger partial charge in [0.1, 0.15) is 18.0 Å². The minimum Gasteiger partial charge on any atom is -0.450 e. The predicted molar refractivity (Wildman–Crippen MR) is 138 cm³/mol. The first-order chi connectivity index (χ1) is 18.7. The lowest BCUT2D eigenvalue weighted by Crippen LogP contribution is -2.33. The monoisotopic (exact) mass is 539 g/mol. The van der Waals surface area contributed by atoms with Crippen molar-refractivity contribution < 1.29 is 28.2 Å². The highest BCUT2D eigenvalue weighted by Gasteiger charge is 2.32. The van der Waals surface area contributed by atoms with E-state index in [1.807, 2.05) is 6.92 Å². The number of ether oxygens (including phenoxy) is 2. The van der Waals surface area contributed by atoms with Gasteiger partial charge in [0.05, 0.1) is 32.4 Å². The van der Waals surface area contributed by atoms with Crippen LogP contribution in [0.1, 0.15) is 44.1 Å². The molecule has 4 rings (SSSR count). The lowest BCUT2D eigenvalue weighted by molar-refractivity contribution is -0.119. The molecule has 12 nitrogen and oxygen atoms in total. The highest BCUT2D eigenvalue weighted by Crippen LogP contribution is 2.30. The lowest BCUT2D eigenvalue weighted by Gasteiger charge is -2.17. The molecule has 2 atom stereocenters. The molecule has 0 spiro atoms. The number of amides is 3. The molecular formula is C26H30FN7O5. The van der Waals surface area contributed by atoms with Crippen molar-refractivity contribution in [3.05, 3.63) is 59.7 Å². The molecule has 0 saturated carbocycles. The van der Waals surface area contributed by atoms with E-state index < -0.39 is 30.1 Å². The number of carbonyl (C=O) groups is 3. The van der Waals surface area contributed by atoms with Crippen LogP contribution < -0.4 is 15.5 Å². The van der Waals surface area contributed by atoms with E-state index >= 15 is 4.39 Å². The Morgan fingerprint density at radius 2 is 2.00 bits per heavy atom. The second-order valence-electron chi connectivity index (χ2n) is 9.04. The second-order valence-corrected chi connectivity index (χ2v) is 9.04. The summed E-state index contributed by atoms with van der Waals surface area (Å²) in [5.74, 6) is -0.474. The number of alkyl carbamates (subject to hydrolysis) is 1. The summed E-state index contributed by atoms with van der Waals surface area (Å²) in [7, 11) is 1.62. The van der Waals surface area contributed by atoms with Crippen molar-refractivity contribution in [2.45, 2.75) is 38.8 Å². The summed E-state index contributed by atoms with van der Waals surface area (Å²) in [4.78, 5) is 38.4. The van der Waals surface area contributed by atoms with Crippen LogP contribution in [0.15, 0.2) is 42.5 Å². The van der Waals surface area contributed by atoms with Crippen molar-refractivity contribution >= 4 is 23.8 Å². The van der Waals surface area contributed by atoms with Gasteiger partial charge in [0.15, 0.2) is 0 Å². The molecule has 2 aromatic carbocycles. The average molecular weight is 540 g/mol. The first kappa shape index (κ1) is 27.5. The third-order valence-electron chi connectivity index (χ3n) is 6.05. The van der Waals surface area contributed by atoms with Crippen LogP contribution in [0.2, 0.25) is 0 Å². The van der Waals surface area contributed by atoms with Gasteiger partial charge in [-0.15, -0.1) is 10.2 Å². The molecule has 3 amide bonds. The zero-order chi connectivity index (χ0) is 27.9. The number of nitrogens with one attached hydrogen (secondary N) is 2. The minimum absolute atomic E-state index is 0.181. The van der Waals surface area contributed by atoms with E-state index in [-0.39, 0.29) is 24.8 Å². The largest absolute Gasteiger partial charge is 0.450 e. The number of cyclic esters (lactones) is 1. The lowest BCUT2D eigenvalue weighted by atomic mass is 9.99. The molecule has 1 aliphatic heterocycles. The number of tetrazole rings is 1. The molecule has 2 N–H and O–H groups in total. The zero-order valence-corrected chi connectivity index (χ0v) is 21.9. The first-order valence-corrected chi connectivity index (χ1v) is 12.5. The highest BCUT2D eigenvalue weighted by atomic mass is 19.1. The fourth-order valence-electron chi connectivity index (χ4n) is 4.04. The number of benzene rings is 2. The van der Waals surface area contributed by atoms with Gasteiger partial charge in [-0.05, 0) is 41.0 Å². The Bertz CT molecular complexity index is 1330. The number of halogens is 1. The Labute approximate surface area is 224 Å². The normalized spacial score (nSPS) is 15.5. The topological polar surface area (TPSA) is 141 Å². The molecule has 1 unspecified atom stereocenters. The van der Waals surface area contributed by atoms with Gasteiger partial charge < -0.3 is 20.1 Å². The van der Waals surface area contributed by atoms with Crippen molar-refractivity contribution in [2.24, 2.45) is 7.05 Å². The summed E-state index contributed by atoms with van der Waals surface area (Å²) in [5.41, 5.74) is 1.92. The Balaban J connectivity index is 1.50. The van der Waals surface area contributed by atoms with Gasteiger partial charge in [-0.1, -0.05) is 37.6 Å². The van der Waals surface area contributed by atoms with Crippen LogP contribution in [0.5, 0.6) is 0 Å². The van der Waals surface area contributed by atoms with Crippen LogP contribution in [0.3, 0.4) is 0 Å². The maximum Gasteiger partial charge on any atom is 0.414 e. The molecule has 2 heterocycles. The van der Waals surface area contributed by atoms with E-state index in [1.54, 1.807) is 43.4 Å². The van der Waals surface area contributed by atoms with Gasteiger partial charge in [0.2, 0.25) is 11.7 Å². The van der Waals surface area contributed by atoms with Crippen LogP contribution in [-0.2, 0) is 21.3 Å². The number of unbranched alkanes of at least 4 members (excludes halogenated alkanes) is 1. The number of carbonyl (C=O) groups excluding carboxylic acids is 3. The summed E-state index contributed by atoms with van der Waals surface area (Å²) in [6, 6.07) is 10.7. The Morgan fingerprint density at radius 3 is 2.64 bits per heavy atom. The molecule has 0 aliphatic carbocycles. The molecule has 3 aromatic rings. The van der Waals surface area contributed by atoms with Gasteiger partial charge in [0.25, 0.3) is 0 Å². The molecule has 206 valence electrons. The third kappa shape index (κ3) is 6.86. The minimum atomic E-state index is -0.722. The summed E-state index contributed by atoms with van der Waals surface area (Å²) in [5, 5.41) is 17.5. The average Bonchev–Trinajstić information content (AvgIpc) is 3.51. The van der Waals surface area contributed by atoms with E-state index in [4.69, 9.17) is 9.47 Å². The Hall–Kier alpha value is -4.55. The summed E-state index contributed by atoms with van der Waals surface area (Å²) in [6.45, 7) is 4.04. The van der Waals surface area contributed by atoms with Gasteiger partial charge in [-0.25, -0.2) is 14.0 Å². The van der Waals surface area contributed by atoms with Crippen molar-refractivity contribution in [3.8, 4) is 11.1 Å². The molecule has 1 aromatic heterocycles. The molecule has 1 saturated heterocycles. The Kier molecular flexibility index (Phi) is 8.69. The number of rotatable bonds is 10. The van der Waals surface area contributed by atoms with Crippen molar-refractivity contribution in [3.63, 3.8) is 0 Å². The van der Waals surface area contributed by atoms with Crippen LogP contribution in [0, 0.1) is 5.82 Å². The number of nitrogens with zero attached hydrogens (tertiary/aromatic N) is 5. The predicted octanol–water partition coefficient (Wildman–Crippen LogP) is 3.09. The highest BCUT2D eigenvalue weighted by molar-refractivity contribution is 5.90. The fourth-order valence-corrected chi connectivity index (χ4v) is 4.04. The molecule has 1 fully saturated rings. The van der Waals surface area contributed by atoms with Crippen LogP contribution in [-0.4, -0.2) is 64.1 Å². The third-order valence-corrected chi connectivity index (χ3v) is 6.05. The van der Waals surface area contributed by atoms with Crippen LogP contribution in [0.4, 0.5) is 19.7 Å². The molecule has 0 radical (unpaired) electrons. The number of hydrogen-bond donors (Lipinski definition) is 2. The fraction of sp³-hybridized carbons (Fsp3) is 0.385. The first-order valence-electron chi connectivity index (χ1n) is 12.5. The molecule has 39 heavy (non-hydrogen) atoms. The van der Waals surface area contributed by atoms with E-state index in [0.29, 0.717) is 29.0 Å². The van der Waals surface area contributed by atoms with Crippen LogP contribution in [0.25, 0.3) is 11.1 Å². The number of aromatic nitrogens is 4. The number of aryl methyl sites for hydroxylation is 1. The van der Waals surface area contributed by atoms with Gasteiger partial charge >= 0.3 is 12.2 Å². The zero-order valence-electron chi connectivity index (χ0n) is 21.9. The van der Waals surface area contributed by atoms with E-state index in [2.05, 4.69) is 26.0 Å². The quantitative estimate of drug-likeness (QED) is 0.375. The van der Waals surface area contributed by atoms with Gasteiger partial charge in [-0.2, -0.15) is 4.80 Å². The SMILES string of the molecule is CCCCOC(=O)NC(c1ccc(-c2ccc(N3C[C@H](CNC(C)=O)OC3=O)cc2F)cc1)c1nnn(C)n1. The summed E-state index contributed by atoms with van der Waals surface area (Å²) >= 11 is 0. The maximum atomic E-state index is 15.2. The standard InChI is InChI=1S/C26H30FN7O5/c1-4-5-12-38-25(36)29-23(24-30-32-33(3)31-24)18-8-6-17(7-9-18)21-11-10-19(13-22(21)27)34-15-20(39-26(34)37)14-28-16(2)35/h6-11,13,20,23H,4-5,12,14-15H2,1-3H3,(H,28,35)(H,29,36)/t20-,23?/m0/s1. The number of anilines is 1. The van der Waals surface area contributed by atoms with Gasteiger partial charge in [-0.3, -0.25) is 9.69 Å². The van der Waals surface area contributed by atoms with Gasteiger partial charge in [0, 0.05) is 12.5 Å². The second kappa shape index (κ2) is 12.3. The molecule has 13 heteroatoms. The molecular weight excluding hydrogens is 509 g/mol. The molecule has 1 aliphatic rings.